The summed E-state index contributed by atoms with van der Waals surface area (Å²) in [5.74, 6) is 2.47. The van der Waals surface area contributed by atoms with Crippen molar-refractivity contribution in [3.63, 3.8) is 0 Å². The van der Waals surface area contributed by atoms with E-state index in [0.717, 1.165) is 35.6 Å². The lowest BCUT2D eigenvalue weighted by Gasteiger charge is -2.27. The molecule has 42 heavy (non-hydrogen) atoms. The molecule has 0 N–H and O–H groups in total. The van der Waals surface area contributed by atoms with E-state index in [1.165, 1.54) is 0 Å². The lowest BCUT2D eigenvalue weighted by atomic mass is 10.1. The number of aromatic nitrogens is 2. The number of furan rings is 1. The Labute approximate surface area is 245 Å². The predicted octanol–water partition coefficient (Wildman–Crippen LogP) is 4.06. The van der Waals surface area contributed by atoms with Gasteiger partial charge >= 0.3 is 0 Å². The second-order valence-electron chi connectivity index (χ2n) is 10.1. The first-order chi connectivity index (χ1) is 20.5. The van der Waals surface area contributed by atoms with Gasteiger partial charge in [0.15, 0.2) is 17.3 Å². The number of carbonyl (C=O) groups excluding carboxylic acids is 2. The molecule has 0 spiro atoms. The van der Waals surface area contributed by atoms with E-state index < -0.39 is 0 Å². The minimum atomic E-state index is -0.118. The van der Waals surface area contributed by atoms with Crippen LogP contribution in [-0.2, 0) is 22.6 Å². The third-order valence-corrected chi connectivity index (χ3v) is 7.31. The van der Waals surface area contributed by atoms with Crippen molar-refractivity contribution < 1.29 is 23.5 Å². The second-order valence-corrected chi connectivity index (χ2v) is 10.1. The first-order valence-corrected chi connectivity index (χ1v) is 14.0. The summed E-state index contributed by atoms with van der Waals surface area (Å²) in [6.07, 6.45) is 2.57. The van der Waals surface area contributed by atoms with Gasteiger partial charge in [-0.1, -0.05) is 30.3 Å². The van der Waals surface area contributed by atoms with Gasteiger partial charge in [-0.25, -0.2) is 0 Å². The lowest BCUT2D eigenvalue weighted by molar-refractivity contribution is -0.140. The Hall–Kier alpha value is -4.86. The van der Waals surface area contributed by atoms with Gasteiger partial charge < -0.3 is 28.6 Å². The Bertz CT molecular complexity index is 1460. The van der Waals surface area contributed by atoms with E-state index in [2.05, 4.69) is 15.1 Å². The maximum atomic E-state index is 13.4. The second kappa shape index (κ2) is 13.7. The van der Waals surface area contributed by atoms with Crippen LogP contribution in [0.2, 0.25) is 0 Å². The van der Waals surface area contributed by atoms with Gasteiger partial charge in [-0.3, -0.25) is 9.59 Å². The van der Waals surface area contributed by atoms with Crippen LogP contribution >= 0.6 is 0 Å². The number of amides is 2. The van der Waals surface area contributed by atoms with Crippen LogP contribution in [-0.4, -0.2) is 78.8 Å². The van der Waals surface area contributed by atoms with Gasteiger partial charge in [-0.2, -0.15) is 0 Å². The fraction of sp³-hybridized carbons (Fsp3) is 0.312. The van der Waals surface area contributed by atoms with E-state index in [1.807, 2.05) is 71.6 Å². The number of carbonyl (C=O) groups is 2. The van der Waals surface area contributed by atoms with Gasteiger partial charge in [0, 0.05) is 31.7 Å². The van der Waals surface area contributed by atoms with Gasteiger partial charge in [0.25, 0.3) is 0 Å². The summed E-state index contributed by atoms with van der Waals surface area (Å²) in [7, 11) is 3.20. The molecule has 10 heteroatoms. The standard InChI is InChI=1S/C32H35N5O5/c1-40-28-13-11-25(21-29(28)41-2)27-12-14-30(34-33-27)35-15-7-16-36(18-17-35)32(39)23-37(22-26-10-6-19-42-26)31(38)20-24-8-4-3-5-9-24/h3-6,8-14,19,21H,7,15-18,20,22-23H2,1-2H3. The molecular formula is C32H35N5O5. The van der Waals surface area contributed by atoms with Crippen molar-refractivity contribution in [1.29, 1.82) is 0 Å². The van der Waals surface area contributed by atoms with Crippen LogP contribution in [0.4, 0.5) is 5.82 Å². The average Bonchev–Trinajstić information content (AvgIpc) is 3.42. The number of benzene rings is 2. The van der Waals surface area contributed by atoms with Crippen LogP contribution in [0.3, 0.4) is 0 Å². The van der Waals surface area contributed by atoms with Crippen LogP contribution in [0.15, 0.2) is 83.5 Å². The van der Waals surface area contributed by atoms with Crippen molar-refractivity contribution >= 4 is 17.6 Å². The molecule has 4 aromatic rings. The summed E-state index contributed by atoms with van der Waals surface area (Å²) < 4.78 is 16.2. The maximum absolute atomic E-state index is 13.4. The highest BCUT2D eigenvalue weighted by atomic mass is 16.5. The number of anilines is 1. The van der Waals surface area contributed by atoms with Gasteiger partial charge in [0.1, 0.15) is 12.3 Å². The number of rotatable bonds is 10. The van der Waals surface area contributed by atoms with Crippen LogP contribution in [0.25, 0.3) is 11.3 Å². The Morgan fingerprint density at radius 2 is 1.71 bits per heavy atom. The molecule has 1 aliphatic rings. The number of nitrogens with zero attached hydrogens (tertiary/aromatic N) is 5. The van der Waals surface area contributed by atoms with E-state index in [9.17, 15) is 9.59 Å². The fourth-order valence-corrected chi connectivity index (χ4v) is 5.01. The molecule has 2 aromatic carbocycles. The van der Waals surface area contributed by atoms with Gasteiger partial charge in [-0.05, 0) is 54.4 Å². The largest absolute Gasteiger partial charge is 0.493 e. The highest BCUT2D eigenvalue weighted by molar-refractivity contribution is 5.86. The predicted molar refractivity (Wildman–Crippen MR) is 158 cm³/mol. The zero-order valence-electron chi connectivity index (χ0n) is 23.9. The smallest absolute Gasteiger partial charge is 0.242 e. The third kappa shape index (κ3) is 7.06. The molecule has 10 nitrogen and oxygen atoms in total. The highest BCUT2D eigenvalue weighted by Crippen LogP contribution is 2.31. The molecule has 1 saturated heterocycles. The molecule has 1 fully saturated rings. The summed E-state index contributed by atoms with van der Waals surface area (Å²) >= 11 is 0. The van der Waals surface area contributed by atoms with E-state index in [1.54, 1.807) is 31.4 Å². The van der Waals surface area contributed by atoms with Crippen molar-refractivity contribution in [1.82, 2.24) is 20.0 Å². The molecule has 1 aliphatic heterocycles. The van der Waals surface area contributed by atoms with E-state index >= 15 is 0 Å². The van der Waals surface area contributed by atoms with Gasteiger partial charge in [0.2, 0.25) is 11.8 Å². The first kappa shape index (κ1) is 28.7. The molecule has 3 heterocycles. The van der Waals surface area contributed by atoms with Gasteiger partial charge in [0.05, 0.1) is 39.1 Å². The molecule has 0 saturated carbocycles. The molecule has 2 aromatic heterocycles. The summed E-state index contributed by atoms with van der Waals surface area (Å²) in [5.41, 5.74) is 2.51. The van der Waals surface area contributed by atoms with E-state index in [0.29, 0.717) is 36.9 Å². The lowest BCUT2D eigenvalue weighted by Crippen LogP contribution is -2.44. The Balaban J connectivity index is 1.21. The molecule has 0 bridgehead atoms. The van der Waals surface area contributed by atoms with Crippen LogP contribution in [0.1, 0.15) is 17.7 Å². The Kier molecular flexibility index (Phi) is 9.33. The van der Waals surface area contributed by atoms with Crippen LogP contribution in [0.5, 0.6) is 11.5 Å². The Morgan fingerprint density at radius 3 is 2.43 bits per heavy atom. The first-order valence-electron chi connectivity index (χ1n) is 14.0. The number of hydrogen-bond acceptors (Lipinski definition) is 8. The van der Waals surface area contributed by atoms with Gasteiger partial charge in [-0.15, -0.1) is 10.2 Å². The van der Waals surface area contributed by atoms with Crippen molar-refractivity contribution in [2.75, 3.05) is 51.8 Å². The number of hydrogen-bond donors (Lipinski definition) is 0. The molecule has 0 radical (unpaired) electrons. The minimum Gasteiger partial charge on any atom is -0.493 e. The topological polar surface area (TPSA) is 101 Å². The van der Waals surface area contributed by atoms with E-state index in [4.69, 9.17) is 13.9 Å². The Morgan fingerprint density at radius 1 is 0.881 bits per heavy atom. The summed E-state index contributed by atoms with van der Waals surface area (Å²) in [5, 5.41) is 8.93. The van der Waals surface area contributed by atoms with Crippen molar-refractivity contribution in [2.45, 2.75) is 19.4 Å². The summed E-state index contributed by atoms with van der Waals surface area (Å²) in [4.78, 5) is 32.2. The minimum absolute atomic E-state index is 0.00774. The third-order valence-electron chi connectivity index (χ3n) is 7.31. The molecule has 0 atom stereocenters. The van der Waals surface area contributed by atoms with E-state index in [-0.39, 0.29) is 31.3 Å². The molecule has 0 unspecified atom stereocenters. The molecule has 218 valence electrons. The fourth-order valence-electron chi connectivity index (χ4n) is 5.01. The summed E-state index contributed by atoms with van der Waals surface area (Å²) in [6, 6.07) is 22.7. The molecular weight excluding hydrogens is 534 g/mol. The zero-order valence-corrected chi connectivity index (χ0v) is 23.9. The average molecular weight is 570 g/mol. The molecule has 5 rings (SSSR count). The monoisotopic (exact) mass is 569 g/mol. The maximum Gasteiger partial charge on any atom is 0.242 e. The highest BCUT2D eigenvalue weighted by Gasteiger charge is 2.25. The molecule has 2 amide bonds. The van der Waals surface area contributed by atoms with Crippen LogP contribution in [0, 0.1) is 0 Å². The van der Waals surface area contributed by atoms with Crippen molar-refractivity contribution in [3.05, 3.63) is 90.4 Å². The number of methoxy groups -OCH3 is 2. The molecule has 0 aliphatic carbocycles. The zero-order chi connectivity index (χ0) is 29.3. The summed E-state index contributed by atoms with van der Waals surface area (Å²) in [6.45, 7) is 2.73. The SMILES string of the molecule is COc1ccc(-c2ccc(N3CCCN(C(=O)CN(Cc4ccco4)C(=O)Cc4ccccc4)CC3)nn2)cc1OC. The van der Waals surface area contributed by atoms with Crippen LogP contribution < -0.4 is 14.4 Å². The van der Waals surface area contributed by atoms with Crippen molar-refractivity contribution in [2.24, 2.45) is 0 Å². The van der Waals surface area contributed by atoms with Crippen molar-refractivity contribution in [3.8, 4) is 22.8 Å². The quantitative estimate of drug-likeness (QED) is 0.282. The normalized spacial score (nSPS) is 13.4. The number of ether oxygens (including phenoxy) is 2.